The van der Waals surface area contributed by atoms with Crippen molar-refractivity contribution in [2.45, 2.75) is 6.92 Å². The van der Waals surface area contributed by atoms with Gasteiger partial charge < -0.3 is 9.79 Å². The summed E-state index contributed by atoms with van der Waals surface area (Å²) in [5.41, 5.74) is 0. The van der Waals surface area contributed by atoms with E-state index in [4.69, 9.17) is 9.79 Å². The second-order valence-electron chi connectivity index (χ2n) is 2.03. The summed E-state index contributed by atoms with van der Waals surface area (Å²) >= 11 is 0. The molecular weight excluding hydrogens is 203 g/mol. The van der Waals surface area contributed by atoms with E-state index < -0.39 is 18.3 Å². The van der Waals surface area contributed by atoms with E-state index in [2.05, 4.69) is 4.52 Å². The van der Waals surface area contributed by atoms with Crippen molar-refractivity contribution in [3.8, 4) is 0 Å². The van der Waals surface area contributed by atoms with Crippen LogP contribution in [0.1, 0.15) is 6.92 Å². The van der Waals surface area contributed by atoms with Crippen molar-refractivity contribution < 1.29 is 23.7 Å². The minimum atomic E-state index is -4.50. The van der Waals surface area contributed by atoms with Crippen molar-refractivity contribution in [3.05, 3.63) is 11.5 Å². The summed E-state index contributed by atoms with van der Waals surface area (Å²) in [6.07, 6.45) is 1.38. The minimum Gasteiger partial charge on any atom is -0.302 e. The molecule has 7 heteroatoms. The standard InChI is InChI=1S/C5H7O5PS/c1-4(6)12-3-2-5(12)10-11(7,8)9/h2-3H,1H3,(H2,7,8,9). The lowest BCUT2D eigenvalue weighted by Crippen LogP contribution is -2.08. The maximum absolute atomic E-state index is 10.7. The molecular formula is C5H7O5PS. The predicted octanol–water partition coefficient (Wildman–Crippen LogP) is 0.568. The van der Waals surface area contributed by atoms with Crippen LogP contribution in [-0.4, -0.2) is 20.0 Å². The zero-order valence-corrected chi connectivity index (χ0v) is 7.84. The molecule has 68 valence electrons. The summed E-state index contributed by atoms with van der Waals surface area (Å²) in [6.45, 7) is 1.34. The summed E-state index contributed by atoms with van der Waals surface area (Å²) < 4.78 is 14.5. The highest BCUT2D eigenvalue weighted by Gasteiger charge is 2.22. The fraction of sp³-hybridized carbons (Fsp3) is 0.200. The number of carbonyl (C=O) groups excluding carboxylic acids is 1. The van der Waals surface area contributed by atoms with Crippen molar-refractivity contribution in [2.75, 3.05) is 0 Å². The third-order valence-corrected chi connectivity index (χ3v) is 3.31. The van der Waals surface area contributed by atoms with Crippen LogP contribution in [0.2, 0.25) is 0 Å². The molecule has 0 aromatic carbocycles. The Morgan fingerprint density at radius 2 is 2.25 bits per heavy atom. The molecule has 0 spiro atoms. The Labute approximate surface area is 71.2 Å². The zero-order chi connectivity index (χ0) is 9.35. The van der Waals surface area contributed by atoms with Gasteiger partial charge in [0, 0.05) is 6.92 Å². The van der Waals surface area contributed by atoms with Gasteiger partial charge in [0.1, 0.15) is 5.05 Å². The smallest absolute Gasteiger partial charge is 0.302 e. The normalized spacial score (nSPS) is 22.2. The molecule has 0 aromatic heterocycles. The predicted molar refractivity (Wildman–Crippen MR) is 45.5 cm³/mol. The van der Waals surface area contributed by atoms with Crippen LogP contribution in [0.5, 0.6) is 0 Å². The van der Waals surface area contributed by atoms with Crippen LogP contribution in [0.25, 0.3) is 0 Å². The Kier molecular flexibility index (Phi) is 2.65. The van der Waals surface area contributed by atoms with Crippen LogP contribution in [-0.2, 0) is 13.9 Å². The van der Waals surface area contributed by atoms with E-state index >= 15 is 0 Å². The van der Waals surface area contributed by atoms with Gasteiger partial charge in [-0.05, 0) is 11.5 Å². The van der Waals surface area contributed by atoms with E-state index in [1.807, 2.05) is 0 Å². The van der Waals surface area contributed by atoms with Crippen molar-refractivity contribution in [3.63, 3.8) is 0 Å². The lowest BCUT2D eigenvalue weighted by Gasteiger charge is -2.14. The highest BCUT2D eigenvalue weighted by atomic mass is 32.2. The summed E-state index contributed by atoms with van der Waals surface area (Å²) in [4.78, 5) is 27.5. The Balaban J connectivity index is 2.73. The average molecular weight is 210 g/mol. The molecule has 1 aliphatic heterocycles. The first-order valence-corrected chi connectivity index (χ1v) is 5.76. The Hall–Kier alpha value is -0.260. The highest BCUT2D eigenvalue weighted by Crippen LogP contribution is 2.41. The number of phosphoric ester groups is 1. The molecule has 0 bridgehead atoms. The van der Waals surface area contributed by atoms with Gasteiger partial charge in [-0.15, -0.1) is 0 Å². The molecule has 1 heterocycles. The topological polar surface area (TPSA) is 83.8 Å². The van der Waals surface area contributed by atoms with Crippen LogP contribution < -0.4 is 0 Å². The summed E-state index contributed by atoms with van der Waals surface area (Å²) in [6, 6.07) is 0. The molecule has 1 unspecified atom stereocenters. The van der Waals surface area contributed by atoms with Crippen molar-refractivity contribution >= 4 is 28.5 Å². The quantitative estimate of drug-likeness (QED) is 0.488. The summed E-state index contributed by atoms with van der Waals surface area (Å²) in [7, 11) is -5.35. The maximum atomic E-state index is 10.7. The fourth-order valence-corrected chi connectivity index (χ4v) is 2.38. The highest BCUT2D eigenvalue weighted by molar-refractivity contribution is 8.32. The first-order valence-electron chi connectivity index (χ1n) is 2.94. The first kappa shape index (κ1) is 9.83. The largest absolute Gasteiger partial charge is 0.475 e. The fourth-order valence-electron chi connectivity index (χ4n) is 0.617. The third kappa shape index (κ3) is 2.36. The molecule has 0 radical (unpaired) electrons. The molecule has 0 aliphatic carbocycles. The van der Waals surface area contributed by atoms with Crippen LogP contribution in [0.15, 0.2) is 11.5 Å². The van der Waals surface area contributed by atoms with Gasteiger partial charge in [-0.1, -0.05) is 10.5 Å². The number of hydrogen-bond acceptors (Lipinski definition) is 3. The average Bonchev–Trinajstić information content (AvgIpc) is 1.77. The van der Waals surface area contributed by atoms with Crippen LogP contribution in [0.3, 0.4) is 0 Å². The molecule has 2 N–H and O–H groups in total. The Morgan fingerprint density at radius 3 is 2.50 bits per heavy atom. The Morgan fingerprint density at radius 1 is 1.67 bits per heavy atom. The molecule has 1 aliphatic rings. The zero-order valence-electron chi connectivity index (χ0n) is 6.13. The van der Waals surface area contributed by atoms with E-state index in [9.17, 15) is 9.36 Å². The molecule has 0 saturated heterocycles. The second kappa shape index (κ2) is 3.24. The molecule has 5 nitrogen and oxygen atoms in total. The van der Waals surface area contributed by atoms with Gasteiger partial charge in [0.15, 0.2) is 5.12 Å². The van der Waals surface area contributed by atoms with Gasteiger partial charge in [-0.2, -0.15) is 0 Å². The van der Waals surface area contributed by atoms with Gasteiger partial charge in [0.05, 0.1) is 0 Å². The molecule has 0 amide bonds. The molecule has 12 heavy (non-hydrogen) atoms. The van der Waals surface area contributed by atoms with Gasteiger partial charge >= 0.3 is 7.82 Å². The number of hydrogen-bond donors (Lipinski definition) is 2. The lowest BCUT2D eigenvalue weighted by atomic mass is 10.7. The molecule has 1 rings (SSSR count). The van der Waals surface area contributed by atoms with E-state index in [1.54, 1.807) is 5.41 Å². The van der Waals surface area contributed by atoms with E-state index in [1.165, 1.54) is 13.0 Å². The van der Waals surface area contributed by atoms with E-state index in [0.717, 1.165) is 0 Å². The summed E-state index contributed by atoms with van der Waals surface area (Å²) in [5, 5.41) is 1.45. The molecule has 1 atom stereocenters. The maximum Gasteiger partial charge on any atom is 0.475 e. The van der Waals surface area contributed by atoms with Crippen molar-refractivity contribution in [2.24, 2.45) is 0 Å². The lowest BCUT2D eigenvalue weighted by molar-refractivity contribution is -0.109. The van der Waals surface area contributed by atoms with Crippen molar-refractivity contribution in [1.82, 2.24) is 0 Å². The van der Waals surface area contributed by atoms with Gasteiger partial charge in [-0.25, -0.2) is 9.09 Å². The molecule has 0 aromatic rings. The van der Waals surface area contributed by atoms with E-state index in [0.29, 0.717) is 0 Å². The van der Waals surface area contributed by atoms with Gasteiger partial charge in [0.2, 0.25) is 0 Å². The third-order valence-electron chi connectivity index (χ3n) is 1.08. The van der Waals surface area contributed by atoms with Gasteiger partial charge in [-0.3, -0.25) is 4.79 Å². The minimum absolute atomic E-state index is 0.0656. The van der Waals surface area contributed by atoms with Crippen LogP contribution in [0, 0.1) is 0 Å². The number of carbonyl (C=O) groups is 1. The van der Waals surface area contributed by atoms with Crippen LogP contribution >= 0.6 is 18.3 Å². The second-order valence-corrected chi connectivity index (χ2v) is 5.12. The molecule has 0 fully saturated rings. The number of phosphoric acid groups is 1. The SMILES string of the molecule is CC(=O)S1=C(OP(=O)(O)O)C=C1. The molecule has 0 saturated carbocycles. The van der Waals surface area contributed by atoms with Crippen molar-refractivity contribution in [1.29, 1.82) is 0 Å². The monoisotopic (exact) mass is 210 g/mol. The van der Waals surface area contributed by atoms with Crippen LogP contribution in [0.4, 0.5) is 0 Å². The van der Waals surface area contributed by atoms with Gasteiger partial charge in [0.25, 0.3) is 0 Å². The first-order chi connectivity index (χ1) is 5.40. The Bertz CT molecular complexity index is 325. The summed E-state index contributed by atoms with van der Waals surface area (Å²) in [5.74, 6) is 0. The van der Waals surface area contributed by atoms with E-state index in [-0.39, 0.29) is 10.2 Å². The number of rotatable bonds is 1.